The van der Waals surface area contributed by atoms with Crippen LogP contribution in [0.5, 0.6) is 11.9 Å². The summed E-state index contributed by atoms with van der Waals surface area (Å²) >= 11 is 0. The van der Waals surface area contributed by atoms with E-state index in [1.165, 1.54) is 45.6 Å². The molecule has 292 valence electrons. The van der Waals surface area contributed by atoms with Crippen molar-refractivity contribution in [3.63, 3.8) is 0 Å². The van der Waals surface area contributed by atoms with Gasteiger partial charge in [0.15, 0.2) is 5.82 Å². The van der Waals surface area contributed by atoms with Crippen LogP contribution in [0.25, 0.3) is 33.1 Å². The van der Waals surface area contributed by atoms with Crippen LogP contribution in [0.1, 0.15) is 82.8 Å². The Hall–Kier alpha value is -3.65. The number of piperidine rings is 1. The quantitative estimate of drug-likeness (QED) is 0.214. The normalized spacial score (nSPS) is 25.9. The van der Waals surface area contributed by atoms with Gasteiger partial charge in [-0.15, -0.1) is 0 Å². The number of aliphatic hydroxyl groups excluding tert-OH is 1. The van der Waals surface area contributed by atoms with E-state index in [2.05, 4.69) is 15.1 Å². The summed E-state index contributed by atoms with van der Waals surface area (Å²) in [6.07, 6.45) is 11.6. The van der Waals surface area contributed by atoms with Gasteiger partial charge in [-0.25, -0.2) is 9.37 Å². The van der Waals surface area contributed by atoms with Gasteiger partial charge in [-0.05, 0) is 89.0 Å². The standard InChI is InChI=1S/C39H50FN7O5.C2H6/c1-23-16-28-27(17-41-45-28)30(24(23)2)33-32(40)34-31(36(42-33)49-3)35(46-14-15-50-19-26(48)18-46)44-37(43-34)52-22-39-9-4-6-29(39)47(13-5-10-39)25-7-11-38(12-8-25)20-51-21-38;1-2/h16-17,25-26,29,48H,4-15,18-22H2,1-3H3,(H,41,45);1-2H3. The molecule has 2 saturated carbocycles. The number of aromatic amines is 1. The summed E-state index contributed by atoms with van der Waals surface area (Å²) < 4.78 is 41.1. The van der Waals surface area contributed by atoms with Crippen molar-refractivity contribution in [3.8, 4) is 23.1 Å². The van der Waals surface area contributed by atoms with E-state index in [1.54, 1.807) is 6.20 Å². The lowest BCUT2D eigenvalue weighted by molar-refractivity contribution is -0.143. The van der Waals surface area contributed by atoms with Gasteiger partial charge in [-0.1, -0.05) is 20.3 Å². The molecule has 1 aromatic carbocycles. The first-order valence-corrected chi connectivity index (χ1v) is 20.1. The maximum absolute atomic E-state index is 17.2. The molecule has 3 atom stereocenters. The predicted octanol–water partition coefficient (Wildman–Crippen LogP) is 6.53. The van der Waals surface area contributed by atoms with Gasteiger partial charge < -0.3 is 29.0 Å². The number of pyridine rings is 1. The molecule has 3 saturated heterocycles. The van der Waals surface area contributed by atoms with E-state index in [1.807, 2.05) is 38.7 Å². The van der Waals surface area contributed by atoms with Gasteiger partial charge in [0.1, 0.15) is 22.4 Å². The highest BCUT2D eigenvalue weighted by molar-refractivity contribution is 6.01. The topological polar surface area (TPSA) is 131 Å². The molecule has 3 aliphatic heterocycles. The number of benzene rings is 1. The summed E-state index contributed by atoms with van der Waals surface area (Å²) in [5.41, 5.74) is 3.92. The summed E-state index contributed by atoms with van der Waals surface area (Å²) in [5.74, 6) is 0.0284. The Labute approximate surface area is 317 Å². The van der Waals surface area contributed by atoms with Crippen molar-refractivity contribution >= 4 is 27.6 Å². The average Bonchev–Trinajstić information content (AvgIpc) is 3.77. The number of aryl methyl sites for hydroxylation is 1. The summed E-state index contributed by atoms with van der Waals surface area (Å²) in [4.78, 5) is 19.3. The van der Waals surface area contributed by atoms with Gasteiger partial charge in [-0.2, -0.15) is 15.1 Å². The number of aromatic nitrogens is 5. The van der Waals surface area contributed by atoms with Crippen LogP contribution >= 0.6 is 0 Å². The third-order valence-corrected chi connectivity index (χ3v) is 13.1. The van der Waals surface area contributed by atoms with Gasteiger partial charge in [0.2, 0.25) is 5.88 Å². The second kappa shape index (κ2) is 15.1. The van der Waals surface area contributed by atoms with Crippen LogP contribution < -0.4 is 14.4 Å². The van der Waals surface area contributed by atoms with Gasteiger partial charge >= 0.3 is 6.01 Å². The van der Waals surface area contributed by atoms with Gasteiger partial charge in [0.25, 0.3) is 0 Å². The second-order valence-electron chi connectivity index (χ2n) is 16.2. The predicted molar refractivity (Wildman–Crippen MR) is 206 cm³/mol. The van der Waals surface area contributed by atoms with E-state index >= 15 is 4.39 Å². The number of rotatable bonds is 7. The number of hydrogen-bond acceptors (Lipinski definition) is 11. The lowest BCUT2D eigenvalue weighted by Crippen LogP contribution is -2.57. The molecule has 12 nitrogen and oxygen atoms in total. The molecular formula is C41H56FN7O5. The molecule has 9 rings (SSSR count). The highest BCUT2D eigenvalue weighted by Gasteiger charge is 2.52. The smallest absolute Gasteiger partial charge is 0.319 e. The number of fused-ring (bicyclic) bond motifs is 3. The number of nitrogens with zero attached hydrogens (tertiary/aromatic N) is 6. The number of β-amino-alcohol motifs (C(OH)–C–C–N with tert-alkyl or cyclic N) is 1. The molecular weight excluding hydrogens is 689 g/mol. The number of anilines is 1. The third-order valence-electron chi connectivity index (χ3n) is 13.1. The van der Waals surface area contributed by atoms with Crippen molar-refractivity contribution in [3.05, 3.63) is 29.2 Å². The number of methoxy groups -OCH3 is 1. The van der Waals surface area contributed by atoms with Crippen LogP contribution in [-0.2, 0) is 9.47 Å². The summed E-state index contributed by atoms with van der Waals surface area (Å²) in [5, 5.41) is 19.1. The molecule has 0 radical (unpaired) electrons. The number of hydrogen-bond donors (Lipinski definition) is 2. The lowest BCUT2D eigenvalue weighted by atomic mass is 9.69. The van der Waals surface area contributed by atoms with E-state index in [9.17, 15) is 5.11 Å². The first kappa shape index (κ1) is 37.3. The van der Waals surface area contributed by atoms with Crippen molar-refractivity contribution in [2.75, 3.05) is 64.7 Å². The zero-order valence-electron chi connectivity index (χ0n) is 32.5. The SMILES string of the molecule is CC.COc1nc(-c2c(C)c(C)cc3[nH]ncc23)c(F)c2nc(OCC34CCCC3N(C3CCC5(CC3)COC5)CCC4)nc(N3CCOCC(O)C3)c12. The first-order valence-electron chi connectivity index (χ1n) is 20.1. The van der Waals surface area contributed by atoms with Crippen molar-refractivity contribution in [2.24, 2.45) is 10.8 Å². The number of halogens is 1. The van der Waals surface area contributed by atoms with Crippen LogP contribution in [-0.4, -0.2) is 113 Å². The lowest BCUT2D eigenvalue weighted by Gasteiger charge is -2.53. The second-order valence-corrected chi connectivity index (χ2v) is 16.2. The summed E-state index contributed by atoms with van der Waals surface area (Å²) in [6, 6.07) is 3.18. The fourth-order valence-corrected chi connectivity index (χ4v) is 10.1. The van der Waals surface area contributed by atoms with Crippen LogP contribution in [0.3, 0.4) is 0 Å². The van der Waals surface area contributed by atoms with Crippen LogP contribution in [0, 0.1) is 30.5 Å². The van der Waals surface area contributed by atoms with Gasteiger partial charge in [0, 0.05) is 47.0 Å². The Kier molecular flexibility index (Phi) is 10.4. The van der Waals surface area contributed by atoms with E-state index in [-0.39, 0.29) is 41.7 Å². The number of likely N-dealkylation sites (tertiary alicyclic amines) is 1. The Morgan fingerprint density at radius 1 is 1.02 bits per heavy atom. The Morgan fingerprint density at radius 2 is 1.81 bits per heavy atom. The molecule has 1 spiro atoms. The minimum Gasteiger partial charge on any atom is -0.480 e. The van der Waals surface area contributed by atoms with E-state index in [0.717, 1.165) is 61.1 Å². The Morgan fingerprint density at radius 3 is 2.57 bits per heavy atom. The maximum Gasteiger partial charge on any atom is 0.319 e. The van der Waals surface area contributed by atoms with Gasteiger partial charge in [-0.3, -0.25) is 10.00 Å². The molecule has 0 bridgehead atoms. The number of H-pyrrole nitrogens is 1. The molecule has 5 fully saturated rings. The molecule has 3 unspecified atom stereocenters. The summed E-state index contributed by atoms with van der Waals surface area (Å²) in [6.45, 7) is 12.7. The summed E-state index contributed by atoms with van der Waals surface area (Å²) in [7, 11) is 1.52. The monoisotopic (exact) mass is 745 g/mol. The van der Waals surface area contributed by atoms with Gasteiger partial charge in [0.05, 0.1) is 58.0 Å². The largest absolute Gasteiger partial charge is 0.480 e. The fraction of sp³-hybridized carbons (Fsp3) is 0.659. The molecule has 0 amide bonds. The highest BCUT2D eigenvalue weighted by atomic mass is 19.1. The first-order chi connectivity index (χ1) is 26.3. The fourth-order valence-electron chi connectivity index (χ4n) is 10.1. The van der Waals surface area contributed by atoms with Crippen LogP contribution in [0.4, 0.5) is 10.2 Å². The third kappa shape index (κ3) is 6.48. The van der Waals surface area contributed by atoms with Crippen molar-refractivity contribution < 1.29 is 28.4 Å². The molecule has 4 aromatic rings. The Balaban J connectivity index is 0.00000203. The Bertz CT molecular complexity index is 1980. The number of nitrogens with one attached hydrogen (secondary N) is 1. The van der Waals surface area contributed by atoms with E-state index < -0.39 is 11.9 Å². The van der Waals surface area contributed by atoms with Crippen molar-refractivity contribution in [2.45, 2.75) is 104 Å². The average molecular weight is 746 g/mol. The zero-order chi connectivity index (χ0) is 37.6. The molecule has 6 heterocycles. The molecule has 2 N–H and O–H groups in total. The highest BCUT2D eigenvalue weighted by Crippen LogP contribution is 2.51. The van der Waals surface area contributed by atoms with Crippen molar-refractivity contribution in [1.29, 1.82) is 0 Å². The van der Waals surface area contributed by atoms with E-state index in [4.69, 9.17) is 33.9 Å². The minimum absolute atomic E-state index is 0.0106. The molecule has 3 aromatic heterocycles. The van der Waals surface area contributed by atoms with E-state index in [0.29, 0.717) is 54.0 Å². The molecule has 54 heavy (non-hydrogen) atoms. The molecule has 5 aliphatic rings. The minimum atomic E-state index is -0.748. The zero-order valence-corrected chi connectivity index (χ0v) is 32.5. The van der Waals surface area contributed by atoms with Crippen LogP contribution in [0.15, 0.2) is 12.3 Å². The van der Waals surface area contributed by atoms with Crippen molar-refractivity contribution in [1.82, 2.24) is 30.0 Å². The molecule has 13 heteroatoms. The number of ether oxygens (including phenoxy) is 4. The maximum atomic E-state index is 17.2. The number of aliphatic hydroxyl groups is 1. The molecule has 2 aliphatic carbocycles. The van der Waals surface area contributed by atoms with Crippen LogP contribution in [0.2, 0.25) is 0 Å².